The lowest BCUT2D eigenvalue weighted by atomic mass is 10.1. The van der Waals surface area contributed by atoms with E-state index in [0.29, 0.717) is 0 Å². The summed E-state index contributed by atoms with van der Waals surface area (Å²) >= 11 is 0. The van der Waals surface area contributed by atoms with E-state index in [0.717, 1.165) is 61.1 Å². The summed E-state index contributed by atoms with van der Waals surface area (Å²) in [6, 6.07) is 8.26. The first kappa shape index (κ1) is 13.9. The number of benzene rings is 1. The molecule has 0 spiro atoms. The number of aryl methyl sites for hydroxylation is 1. The van der Waals surface area contributed by atoms with Crippen molar-refractivity contribution in [2.24, 2.45) is 0 Å². The number of fused-ring (bicyclic) bond motifs is 1. The highest BCUT2D eigenvalue weighted by Gasteiger charge is 2.14. The van der Waals surface area contributed by atoms with E-state index in [1.807, 2.05) is 18.2 Å². The predicted molar refractivity (Wildman–Crippen MR) is 84.8 cm³/mol. The molecule has 4 nitrogen and oxygen atoms in total. The van der Waals surface area contributed by atoms with E-state index in [2.05, 4.69) is 35.2 Å². The summed E-state index contributed by atoms with van der Waals surface area (Å²) in [6.45, 7) is 5.97. The van der Waals surface area contributed by atoms with E-state index < -0.39 is 0 Å². The van der Waals surface area contributed by atoms with Crippen molar-refractivity contribution in [3.05, 3.63) is 35.5 Å². The Morgan fingerprint density at radius 2 is 2.10 bits per heavy atom. The number of hydrogen-bond donors (Lipinski definition) is 1. The smallest absolute Gasteiger partial charge is 0.161 e. The van der Waals surface area contributed by atoms with Crippen molar-refractivity contribution in [2.45, 2.75) is 33.1 Å². The van der Waals surface area contributed by atoms with Crippen molar-refractivity contribution < 1.29 is 4.74 Å². The van der Waals surface area contributed by atoms with Crippen LogP contribution >= 0.6 is 0 Å². The summed E-state index contributed by atoms with van der Waals surface area (Å²) in [7, 11) is 0. The summed E-state index contributed by atoms with van der Waals surface area (Å²) in [4.78, 5) is 9.32. The largest absolute Gasteiger partial charge is 0.493 e. The van der Waals surface area contributed by atoms with Gasteiger partial charge in [-0.1, -0.05) is 13.8 Å². The standard InChI is InChI=1S/C17H21N3O/c1-3-8-18-16-11-14(4-2)19-17(20-16)13-5-6-15-12(10-13)7-9-21-15/h5-6,10-11H,3-4,7-9H2,1-2H3,(H,18,19,20). The lowest BCUT2D eigenvalue weighted by Gasteiger charge is -2.09. The molecule has 3 rings (SSSR count). The van der Waals surface area contributed by atoms with Crippen molar-refractivity contribution in [3.8, 4) is 17.1 Å². The van der Waals surface area contributed by atoms with Gasteiger partial charge in [-0.2, -0.15) is 0 Å². The molecule has 0 radical (unpaired) electrons. The van der Waals surface area contributed by atoms with E-state index in [4.69, 9.17) is 4.74 Å². The Bertz CT molecular complexity index is 640. The van der Waals surface area contributed by atoms with E-state index in [1.54, 1.807) is 0 Å². The van der Waals surface area contributed by atoms with Gasteiger partial charge in [0.25, 0.3) is 0 Å². The molecule has 0 saturated heterocycles. The second kappa shape index (κ2) is 6.12. The molecule has 0 saturated carbocycles. The highest BCUT2D eigenvalue weighted by atomic mass is 16.5. The first-order valence-electron chi connectivity index (χ1n) is 7.68. The molecular weight excluding hydrogens is 262 g/mol. The molecule has 2 heterocycles. The van der Waals surface area contributed by atoms with Gasteiger partial charge in [-0.05, 0) is 36.6 Å². The second-order valence-electron chi connectivity index (χ2n) is 5.27. The molecule has 0 bridgehead atoms. The fourth-order valence-electron chi connectivity index (χ4n) is 2.48. The molecule has 1 aliphatic rings. The third-order valence-corrected chi connectivity index (χ3v) is 3.65. The molecule has 1 N–H and O–H groups in total. The Labute approximate surface area is 125 Å². The third-order valence-electron chi connectivity index (χ3n) is 3.65. The maximum absolute atomic E-state index is 5.56. The van der Waals surface area contributed by atoms with Gasteiger partial charge in [-0.15, -0.1) is 0 Å². The van der Waals surface area contributed by atoms with Crippen molar-refractivity contribution in [2.75, 3.05) is 18.5 Å². The van der Waals surface area contributed by atoms with Crippen LogP contribution in [0.4, 0.5) is 5.82 Å². The van der Waals surface area contributed by atoms with Gasteiger partial charge in [0, 0.05) is 30.3 Å². The van der Waals surface area contributed by atoms with Gasteiger partial charge < -0.3 is 10.1 Å². The molecule has 1 aliphatic heterocycles. The minimum absolute atomic E-state index is 0.776. The first-order valence-corrected chi connectivity index (χ1v) is 7.68. The maximum Gasteiger partial charge on any atom is 0.161 e. The van der Waals surface area contributed by atoms with Crippen LogP contribution in [0.3, 0.4) is 0 Å². The summed E-state index contributed by atoms with van der Waals surface area (Å²) in [5.41, 5.74) is 3.38. The third kappa shape index (κ3) is 2.99. The molecule has 0 atom stereocenters. The molecule has 0 aliphatic carbocycles. The molecule has 2 aromatic rings. The molecule has 0 unspecified atom stereocenters. The van der Waals surface area contributed by atoms with E-state index in [9.17, 15) is 0 Å². The number of aromatic nitrogens is 2. The Kier molecular flexibility index (Phi) is 4.04. The van der Waals surface area contributed by atoms with E-state index in [1.165, 1.54) is 5.56 Å². The number of nitrogens with one attached hydrogen (secondary N) is 1. The summed E-state index contributed by atoms with van der Waals surface area (Å²) in [6.07, 6.45) is 2.96. The van der Waals surface area contributed by atoms with Gasteiger partial charge in [-0.25, -0.2) is 9.97 Å². The van der Waals surface area contributed by atoms with Crippen molar-refractivity contribution in [1.82, 2.24) is 9.97 Å². The van der Waals surface area contributed by atoms with Gasteiger partial charge in [0.2, 0.25) is 0 Å². The number of hydrogen-bond acceptors (Lipinski definition) is 4. The predicted octanol–water partition coefficient (Wildman–Crippen LogP) is 3.46. The molecule has 4 heteroatoms. The molecular formula is C17H21N3O. The average molecular weight is 283 g/mol. The molecule has 0 amide bonds. The topological polar surface area (TPSA) is 47.0 Å². The summed E-state index contributed by atoms with van der Waals surface area (Å²) < 4.78 is 5.56. The zero-order valence-corrected chi connectivity index (χ0v) is 12.6. The summed E-state index contributed by atoms with van der Waals surface area (Å²) in [5.74, 6) is 2.70. The van der Waals surface area contributed by atoms with Gasteiger partial charge in [0.15, 0.2) is 5.82 Å². The van der Waals surface area contributed by atoms with Crippen LogP contribution in [-0.2, 0) is 12.8 Å². The van der Waals surface area contributed by atoms with Crippen molar-refractivity contribution in [1.29, 1.82) is 0 Å². The van der Waals surface area contributed by atoms with Crippen LogP contribution in [0.25, 0.3) is 11.4 Å². The zero-order valence-electron chi connectivity index (χ0n) is 12.6. The quantitative estimate of drug-likeness (QED) is 0.913. The van der Waals surface area contributed by atoms with Crippen LogP contribution in [0.1, 0.15) is 31.5 Å². The van der Waals surface area contributed by atoms with Crippen LogP contribution in [0.2, 0.25) is 0 Å². The van der Waals surface area contributed by atoms with Crippen LogP contribution in [-0.4, -0.2) is 23.1 Å². The first-order chi connectivity index (χ1) is 10.3. The maximum atomic E-state index is 5.56. The van der Waals surface area contributed by atoms with Gasteiger partial charge in [0.05, 0.1) is 6.61 Å². The average Bonchev–Trinajstić information content (AvgIpc) is 3.00. The van der Waals surface area contributed by atoms with Gasteiger partial charge >= 0.3 is 0 Å². The number of nitrogens with zero attached hydrogens (tertiary/aromatic N) is 2. The van der Waals surface area contributed by atoms with Gasteiger partial charge in [0.1, 0.15) is 11.6 Å². The lowest BCUT2D eigenvalue weighted by Crippen LogP contribution is -2.05. The molecule has 21 heavy (non-hydrogen) atoms. The van der Waals surface area contributed by atoms with Gasteiger partial charge in [-0.3, -0.25) is 0 Å². The van der Waals surface area contributed by atoms with E-state index in [-0.39, 0.29) is 0 Å². The number of ether oxygens (including phenoxy) is 1. The molecule has 0 fully saturated rings. The number of anilines is 1. The van der Waals surface area contributed by atoms with Crippen LogP contribution in [0, 0.1) is 0 Å². The highest BCUT2D eigenvalue weighted by molar-refractivity contribution is 5.61. The highest BCUT2D eigenvalue weighted by Crippen LogP contribution is 2.29. The Balaban J connectivity index is 1.96. The molecule has 1 aromatic carbocycles. The number of rotatable bonds is 5. The monoisotopic (exact) mass is 283 g/mol. The van der Waals surface area contributed by atoms with Crippen molar-refractivity contribution >= 4 is 5.82 Å². The minimum Gasteiger partial charge on any atom is -0.493 e. The van der Waals surface area contributed by atoms with Crippen LogP contribution in [0.5, 0.6) is 5.75 Å². The fraction of sp³-hybridized carbons (Fsp3) is 0.412. The molecule has 110 valence electrons. The summed E-state index contributed by atoms with van der Waals surface area (Å²) in [5, 5.41) is 3.36. The zero-order chi connectivity index (χ0) is 14.7. The normalized spacial score (nSPS) is 12.9. The molecule has 1 aromatic heterocycles. The Morgan fingerprint density at radius 3 is 2.90 bits per heavy atom. The second-order valence-corrected chi connectivity index (χ2v) is 5.27. The Morgan fingerprint density at radius 1 is 1.19 bits per heavy atom. The SMILES string of the molecule is CCCNc1cc(CC)nc(-c2ccc3c(c2)CCO3)n1. The van der Waals surface area contributed by atoms with Crippen LogP contribution in [0.15, 0.2) is 24.3 Å². The van der Waals surface area contributed by atoms with E-state index >= 15 is 0 Å². The minimum atomic E-state index is 0.776. The van der Waals surface area contributed by atoms with Crippen molar-refractivity contribution in [3.63, 3.8) is 0 Å². The lowest BCUT2D eigenvalue weighted by molar-refractivity contribution is 0.357. The fourth-order valence-corrected chi connectivity index (χ4v) is 2.48. The Hall–Kier alpha value is -2.10. The van der Waals surface area contributed by atoms with Crippen LogP contribution < -0.4 is 10.1 Å².